The summed E-state index contributed by atoms with van der Waals surface area (Å²) in [5, 5.41) is 21.9. The van der Waals surface area contributed by atoms with Gasteiger partial charge in [-0.05, 0) is 23.7 Å². The molecule has 7 heteroatoms. The van der Waals surface area contributed by atoms with Crippen molar-refractivity contribution in [2.75, 3.05) is 6.54 Å². The summed E-state index contributed by atoms with van der Waals surface area (Å²) in [6.45, 7) is 1.23. The number of benzene rings is 1. The van der Waals surface area contributed by atoms with Crippen LogP contribution in [0, 0.1) is 0 Å². The highest BCUT2D eigenvalue weighted by Crippen LogP contribution is 2.02. The Morgan fingerprint density at radius 2 is 2.11 bits per heavy atom. The van der Waals surface area contributed by atoms with Gasteiger partial charge in [-0.25, -0.2) is 4.63 Å². The second-order valence-corrected chi connectivity index (χ2v) is 3.96. The van der Waals surface area contributed by atoms with Crippen molar-refractivity contribution in [2.24, 2.45) is 10.9 Å². The molecule has 0 amide bonds. The fraction of sp³-hybridized carbons (Fsp3) is 0.250. The summed E-state index contributed by atoms with van der Waals surface area (Å²) in [4.78, 5) is 0. The summed E-state index contributed by atoms with van der Waals surface area (Å²) in [5.41, 5.74) is 7.48. The molecular weight excluding hydrogens is 246 g/mol. The zero-order valence-corrected chi connectivity index (χ0v) is 10.3. The minimum Gasteiger partial charge on any atom is -0.409 e. The fourth-order valence-electron chi connectivity index (χ4n) is 1.65. The predicted octanol–water partition coefficient (Wildman–Crippen LogP) is 0.496. The molecule has 0 saturated carbocycles. The molecular formula is C12H15N5O2. The molecule has 0 unspecified atom stereocenters. The van der Waals surface area contributed by atoms with Gasteiger partial charge in [-0.15, -0.1) is 0 Å². The Morgan fingerprint density at radius 3 is 2.84 bits per heavy atom. The van der Waals surface area contributed by atoms with Crippen LogP contribution in [-0.4, -0.2) is 27.9 Å². The molecule has 2 rings (SSSR count). The van der Waals surface area contributed by atoms with Crippen LogP contribution >= 0.6 is 0 Å². The van der Waals surface area contributed by atoms with E-state index in [4.69, 9.17) is 10.9 Å². The van der Waals surface area contributed by atoms with Crippen LogP contribution < -0.4 is 11.1 Å². The van der Waals surface area contributed by atoms with Crippen molar-refractivity contribution in [3.05, 3.63) is 47.3 Å². The molecule has 0 saturated heterocycles. The third-order valence-electron chi connectivity index (χ3n) is 2.63. The van der Waals surface area contributed by atoms with Crippen molar-refractivity contribution < 1.29 is 9.84 Å². The van der Waals surface area contributed by atoms with Crippen molar-refractivity contribution in [1.82, 2.24) is 15.6 Å². The van der Waals surface area contributed by atoms with Crippen LogP contribution in [0.4, 0.5) is 0 Å². The van der Waals surface area contributed by atoms with Crippen molar-refractivity contribution in [3.63, 3.8) is 0 Å². The first-order valence-corrected chi connectivity index (χ1v) is 5.85. The average Bonchev–Trinajstić information content (AvgIpc) is 2.92. The summed E-state index contributed by atoms with van der Waals surface area (Å²) >= 11 is 0. The van der Waals surface area contributed by atoms with Gasteiger partial charge in [0.15, 0.2) is 11.5 Å². The van der Waals surface area contributed by atoms with Crippen LogP contribution in [0.25, 0.3) is 0 Å². The van der Waals surface area contributed by atoms with E-state index >= 15 is 0 Å². The average molecular weight is 261 g/mol. The monoisotopic (exact) mass is 261 g/mol. The number of hydrogen-bond donors (Lipinski definition) is 3. The van der Waals surface area contributed by atoms with E-state index in [0.29, 0.717) is 12.2 Å². The highest BCUT2D eigenvalue weighted by molar-refractivity contribution is 5.95. The minimum atomic E-state index is -0.110. The molecule has 100 valence electrons. The van der Waals surface area contributed by atoms with Crippen molar-refractivity contribution in [1.29, 1.82) is 0 Å². The summed E-state index contributed by atoms with van der Waals surface area (Å²) in [5.74, 6) is -0.110. The molecule has 1 aromatic heterocycles. The van der Waals surface area contributed by atoms with E-state index in [-0.39, 0.29) is 11.5 Å². The van der Waals surface area contributed by atoms with Crippen LogP contribution in [0.2, 0.25) is 0 Å². The van der Waals surface area contributed by atoms with Crippen LogP contribution in [-0.2, 0) is 13.0 Å². The molecule has 0 aliphatic rings. The Bertz CT molecular complexity index is 538. The lowest BCUT2D eigenvalue weighted by atomic mass is 10.1. The van der Waals surface area contributed by atoms with E-state index in [2.05, 4.69) is 37.5 Å². The van der Waals surface area contributed by atoms with Crippen LogP contribution in [0.5, 0.6) is 0 Å². The Labute approximate surface area is 110 Å². The molecule has 0 atom stereocenters. The highest BCUT2D eigenvalue weighted by Gasteiger charge is 2.13. The van der Waals surface area contributed by atoms with Gasteiger partial charge in [0.05, 0.1) is 0 Å². The van der Waals surface area contributed by atoms with Crippen molar-refractivity contribution >= 4 is 5.84 Å². The van der Waals surface area contributed by atoms with Crippen LogP contribution in [0.15, 0.2) is 40.1 Å². The standard InChI is InChI=1S/C12H15N5O2/c13-12(15-18)11-10(16-19-17-11)8-14-7-6-9-4-2-1-3-5-9/h1-5,14,18H,6-8H2,(H2,13,15). The summed E-state index contributed by atoms with van der Waals surface area (Å²) < 4.78 is 4.57. The minimum absolute atomic E-state index is 0.110. The number of aromatic nitrogens is 2. The molecule has 0 aliphatic carbocycles. The highest BCUT2D eigenvalue weighted by atomic mass is 16.6. The normalized spacial score (nSPS) is 11.7. The molecule has 1 heterocycles. The first kappa shape index (κ1) is 13.0. The Balaban J connectivity index is 1.82. The van der Waals surface area contributed by atoms with E-state index in [1.165, 1.54) is 5.56 Å². The molecule has 0 spiro atoms. The zero-order chi connectivity index (χ0) is 13.5. The quantitative estimate of drug-likeness (QED) is 0.229. The van der Waals surface area contributed by atoms with Gasteiger partial charge in [0.1, 0.15) is 5.69 Å². The van der Waals surface area contributed by atoms with Gasteiger partial charge in [0, 0.05) is 6.54 Å². The SMILES string of the molecule is NC(=NO)c1nonc1CNCCc1ccccc1. The van der Waals surface area contributed by atoms with Gasteiger partial charge >= 0.3 is 0 Å². The number of rotatable bonds is 6. The molecule has 19 heavy (non-hydrogen) atoms. The third-order valence-corrected chi connectivity index (χ3v) is 2.63. The van der Waals surface area contributed by atoms with Crippen LogP contribution in [0.1, 0.15) is 17.0 Å². The number of nitrogens with zero attached hydrogens (tertiary/aromatic N) is 3. The maximum atomic E-state index is 8.58. The lowest BCUT2D eigenvalue weighted by Crippen LogP contribution is -2.21. The molecule has 1 aromatic carbocycles. The van der Waals surface area contributed by atoms with E-state index in [9.17, 15) is 0 Å². The maximum Gasteiger partial charge on any atom is 0.194 e. The molecule has 7 nitrogen and oxygen atoms in total. The molecule has 2 aromatic rings. The van der Waals surface area contributed by atoms with Crippen molar-refractivity contribution in [2.45, 2.75) is 13.0 Å². The third kappa shape index (κ3) is 3.52. The number of amidine groups is 1. The number of nitrogens with one attached hydrogen (secondary N) is 1. The lowest BCUT2D eigenvalue weighted by Gasteiger charge is -2.03. The molecule has 4 N–H and O–H groups in total. The number of oxime groups is 1. The first-order valence-electron chi connectivity index (χ1n) is 5.85. The van der Waals surface area contributed by atoms with Gasteiger partial charge in [-0.1, -0.05) is 40.6 Å². The summed E-state index contributed by atoms with van der Waals surface area (Å²) in [7, 11) is 0. The Morgan fingerprint density at radius 1 is 1.32 bits per heavy atom. The number of nitrogens with two attached hydrogens (primary N) is 1. The Hall–Kier alpha value is -2.41. The van der Waals surface area contributed by atoms with Gasteiger partial charge in [0.2, 0.25) is 0 Å². The van der Waals surface area contributed by atoms with Crippen LogP contribution in [0.3, 0.4) is 0 Å². The number of hydrogen-bond acceptors (Lipinski definition) is 6. The summed E-state index contributed by atoms with van der Waals surface area (Å²) in [6.07, 6.45) is 0.908. The first-order chi connectivity index (χ1) is 9.31. The van der Waals surface area contributed by atoms with Gasteiger partial charge in [-0.2, -0.15) is 0 Å². The molecule has 0 radical (unpaired) electrons. The largest absolute Gasteiger partial charge is 0.409 e. The van der Waals surface area contributed by atoms with Gasteiger partial charge < -0.3 is 16.3 Å². The molecule has 0 bridgehead atoms. The maximum absolute atomic E-state index is 8.58. The molecule has 0 aliphatic heterocycles. The van der Waals surface area contributed by atoms with Crippen molar-refractivity contribution in [3.8, 4) is 0 Å². The fourth-order valence-corrected chi connectivity index (χ4v) is 1.65. The second kappa shape index (κ2) is 6.50. The van der Waals surface area contributed by atoms with E-state index in [1.807, 2.05) is 18.2 Å². The second-order valence-electron chi connectivity index (χ2n) is 3.96. The Kier molecular flexibility index (Phi) is 4.46. The van der Waals surface area contributed by atoms with E-state index in [1.54, 1.807) is 0 Å². The van der Waals surface area contributed by atoms with E-state index < -0.39 is 0 Å². The zero-order valence-electron chi connectivity index (χ0n) is 10.3. The molecule has 0 fully saturated rings. The summed E-state index contributed by atoms with van der Waals surface area (Å²) in [6, 6.07) is 10.1. The van der Waals surface area contributed by atoms with Gasteiger partial charge in [-0.3, -0.25) is 0 Å². The van der Waals surface area contributed by atoms with Gasteiger partial charge in [0.25, 0.3) is 0 Å². The predicted molar refractivity (Wildman–Crippen MR) is 68.7 cm³/mol. The van der Waals surface area contributed by atoms with E-state index in [0.717, 1.165) is 13.0 Å². The lowest BCUT2D eigenvalue weighted by molar-refractivity contribution is 0.300. The topological polar surface area (TPSA) is 110 Å². The smallest absolute Gasteiger partial charge is 0.194 e.